The van der Waals surface area contributed by atoms with Gasteiger partial charge in [-0.15, -0.1) is 0 Å². The maximum atomic E-state index is 12.0. The number of ether oxygens (including phenoxy) is 1. The normalized spacial score (nSPS) is 12.5. The number of Topliss-reactive ketones (excluding diaryl/α,β-unsaturated/α-hetero) is 1. The van der Waals surface area contributed by atoms with Crippen LogP contribution in [0.15, 0.2) is 18.2 Å². The molecule has 1 rings (SSSR count). The van der Waals surface area contributed by atoms with Gasteiger partial charge in [0, 0.05) is 12.3 Å². The Kier molecular flexibility index (Phi) is 8.55. The fourth-order valence-electron chi connectivity index (χ4n) is 2.41. The summed E-state index contributed by atoms with van der Waals surface area (Å²) in [5, 5.41) is 0.692. The molecule has 0 N–H and O–H groups in total. The van der Waals surface area contributed by atoms with Crippen molar-refractivity contribution in [2.24, 2.45) is 11.8 Å². The number of rotatable bonds is 10. The Labute approximate surface area is 140 Å². The van der Waals surface area contributed by atoms with Gasteiger partial charge in [-0.3, -0.25) is 4.79 Å². The third-order valence-electron chi connectivity index (χ3n) is 3.76. The molecule has 1 aromatic carbocycles. The highest BCUT2D eigenvalue weighted by Crippen LogP contribution is 2.29. The van der Waals surface area contributed by atoms with E-state index in [-0.39, 0.29) is 5.92 Å². The third kappa shape index (κ3) is 6.39. The molecule has 0 spiro atoms. The zero-order chi connectivity index (χ0) is 16.5. The lowest BCUT2D eigenvalue weighted by atomic mass is 9.96. The highest BCUT2D eigenvalue weighted by Gasteiger charge is 2.13. The maximum Gasteiger partial charge on any atom is 0.138 e. The zero-order valence-corrected chi connectivity index (χ0v) is 15.1. The van der Waals surface area contributed by atoms with Crippen molar-refractivity contribution in [3.63, 3.8) is 0 Å². The minimum absolute atomic E-state index is 0.182. The smallest absolute Gasteiger partial charge is 0.138 e. The first kappa shape index (κ1) is 19.0. The molecule has 0 radical (unpaired) electrons. The number of halogens is 1. The first-order chi connectivity index (χ1) is 10.5. The van der Waals surface area contributed by atoms with Crippen LogP contribution in [0.3, 0.4) is 0 Å². The summed E-state index contributed by atoms with van der Waals surface area (Å²) >= 11 is 6.41. The van der Waals surface area contributed by atoms with Crippen LogP contribution in [-0.4, -0.2) is 12.4 Å². The summed E-state index contributed by atoms with van der Waals surface area (Å²) < 4.78 is 5.74. The summed E-state index contributed by atoms with van der Waals surface area (Å²) in [4.78, 5) is 12.0. The van der Waals surface area contributed by atoms with Crippen molar-refractivity contribution in [3.05, 3.63) is 28.8 Å². The van der Waals surface area contributed by atoms with Crippen LogP contribution in [0.25, 0.3) is 0 Å². The minimum Gasteiger partial charge on any atom is -0.492 e. The predicted molar refractivity (Wildman–Crippen MR) is 93.8 cm³/mol. The lowest BCUT2D eigenvalue weighted by Crippen LogP contribution is -2.10. The fourth-order valence-corrected chi connectivity index (χ4v) is 2.69. The fraction of sp³-hybridized carbons (Fsp3) is 0.632. The average molecular weight is 325 g/mol. The van der Waals surface area contributed by atoms with Crippen molar-refractivity contribution in [2.75, 3.05) is 6.61 Å². The zero-order valence-electron chi connectivity index (χ0n) is 14.3. The summed E-state index contributed by atoms with van der Waals surface area (Å²) in [6, 6.07) is 5.89. The molecule has 0 saturated carbocycles. The van der Waals surface area contributed by atoms with Crippen molar-refractivity contribution in [2.45, 2.75) is 59.8 Å². The number of aryl methyl sites for hydroxylation is 1. The Morgan fingerprint density at radius 1 is 1.27 bits per heavy atom. The number of carbonyl (C=O) groups is 1. The van der Waals surface area contributed by atoms with E-state index < -0.39 is 0 Å². The molecule has 124 valence electrons. The predicted octanol–water partition coefficient (Wildman–Crippen LogP) is 5.70. The second kappa shape index (κ2) is 9.89. The van der Waals surface area contributed by atoms with E-state index in [1.807, 2.05) is 25.1 Å². The van der Waals surface area contributed by atoms with Crippen LogP contribution >= 0.6 is 11.6 Å². The molecular weight excluding hydrogens is 296 g/mol. The van der Waals surface area contributed by atoms with Gasteiger partial charge in [0.05, 0.1) is 11.6 Å². The van der Waals surface area contributed by atoms with Gasteiger partial charge in [-0.05, 0) is 36.8 Å². The Bertz CT molecular complexity index is 469. The Balaban J connectivity index is 2.52. The van der Waals surface area contributed by atoms with Gasteiger partial charge in [0.25, 0.3) is 0 Å². The lowest BCUT2D eigenvalue weighted by Gasteiger charge is -2.13. The average Bonchev–Trinajstić information content (AvgIpc) is 2.47. The van der Waals surface area contributed by atoms with Crippen molar-refractivity contribution < 1.29 is 9.53 Å². The number of hydrogen-bond acceptors (Lipinski definition) is 2. The molecule has 0 heterocycles. The van der Waals surface area contributed by atoms with E-state index in [1.165, 1.54) is 0 Å². The van der Waals surface area contributed by atoms with Gasteiger partial charge < -0.3 is 4.74 Å². The molecule has 1 aromatic rings. The van der Waals surface area contributed by atoms with E-state index in [9.17, 15) is 4.79 Å². The first-order valence-electron chi connectivity index (χ1n) is 8.38. The molecule has 1 atom stereocenters. The summed E-state index contributed by atoms with van der Waals surface area (Å²) in [6.07, 6.45) is 4.35. The van der Waals surface area contributed by atoms with Crippen LogP contribution in [0.4, 0.5) is 0 Å². The maximum absolute atomic E-state index is 12.0. The molecule has 0 aliphatic rings. The first-order valence-corrected chi connectivity index (χ1v) is 8.76. The van der Waals surface area contributed by atoms with Gasteiger partial charge in [0.15, 0.2) is 0 Å². The Hall–Kier alpha value is -1.02. The molecule has 0 bridgehead atoms. The van der Waals surface area contributed by atoms with Crippen LogP contribution in [0.1, 0.15) is 58.9 Å². The highest BCUT2D eigenvalue weighted by atomic mass is 35.5. The molecule has 3 heteroatoms. The van der Waals surface area contributed by atoms with Crippen LogP contribution in [0.2, 0.25) is 5.02 Å². The summed E-state index contributed by atoms with van der Waals surface area (Å²) in [6.45, 7) is 9.03. The summed E-state index contributed by atoms with van der Waals surface area (Å²) in [5.41, 5.74) is 1.07. The number of hydrogen-bond donors (Lipinski definition) is 0. The van der Waals surface area contributed by atoms with Crippen molar-refractivity contribution in [1.29, 1.82) is 0 Å². The van der Waals surface area contributed by atoms with Crippen molar-refractivity contribution in [3.8, 4) is 5.75 Å². The van der Waals surface area contributed by atoms with Gasteiger partial charge in [0.1, 0.15) is 11.5 Å². The van der Waals surface area contributed by atoms with E-state index >= 15 is 0 Å². The molecule has 1 unspecified atom stereocenters. The molecule has 0 aliphatic heterocycles. The van der Waals surface area contributed by atoms with E-state index in [0.29, 0.717) is 29.8 Å². The lowest BCUT2D eigenvalue weighted by molar-refractivity contribution is -0.122. The minimum atomic E-state index is 0.182. The largest absolute Gasteiger partial charge is 0.492 e. The van der Waals surface area contributed by atoms with Gasteiger partial charge >= 0.3 is 0 Å². The number of ketones is 1. The molecule has 0 fully saturated rings. The quantitative estimate of drug-likeness (QED) is 0.551. The van der Waals surface area contributed by atoms with Gasteiger partial charge in [-0.1, -0.05) is 57.8 Å². The van der Waals surface area contributed by atoms with Gasteiger partial charge in [-0.25, -0.2) is 0 Å². The van der Waals surface area contributed by atoms with Crippen LogP contribution in [0.5, 0.6) is 5.75 Å². The molecule has 0 amide bonds. The van der Waals surface area contributed by atoms with E-state index in [4.69, 9.17) is 16.3 Å². The van der Waals surface area contributed by atoms with Crippen LogP contribution in [-0.2, 0) is 11.2 Å². The second-order valence-electron chi connectivity index (χ2n) is 6.44. The number of benzene rings is 1. The van der Waals surface area contributed by atoms with E-state index in [1.54, 1.807) is 0 Å². The molecular formula is C19H29ClO2. The third-order valence-corrected chi connectivity index (χ3v) is 4.19. The molecule has 2 nitrogen and oxygen atoms in total. The van der Waals surface area contributed by atoms with Crippen molar-refractivity contribution >= 4 is 17.4 Å². The topological polar surface area (TPSA) is 26.3 Å². The molecule has 0 aliphatic carbocycles. The second-order valence-corrected chi connectivity index (χ2v) is 6.82. The highest BCUT2D eigenvalue weighted by molar-refractivity contribution is 6.32. The van der Waals surface area contributed by atoms with E-state index in [2.05, 4.69) is 20.8 Å². The SMILES string of the molecule is CCCC(C)C(=O)CCCc1cccc(OCC(C)C)c1Cl. The van der Waals surface area contributed by atoms with Gasteiger partial charge in [0.2, 0.25) is 0 Å². The van der Waals surface area contributed by atoms with Crippen molar-refractivity contribution in [1.82, 2.24) is 0 Å². The van der Waals surface area contributed by atoms with Crippen LogP contribution < -0.4 is 4.74 Å². The molecule has 22 heavy (non-hydrogen) atoms. The Morgan fingerprint density at radius 3 is 2.64 bits per heavy atom. The standard InChI is InChI=1S/C19H29ClO2/c1-5-8-15(4)17(21)11-6-9-16-10-7-12-18(19(16)20)22-13-14(2)3/h7,10,12,14-15H,5-6,8-9,11,13H2,1-4H3. The molecule has 0 saturated heterocycles. The van der Waals surface area contributed by atoms with Crippen LogP contribution in [0, 0.1) is 11.8 Å². The monoisotopic (exact) mass is 324 g/mol. The Morgan fingerprint density at radius 2 is 2.00 bits per heavy atom. The summed E-state index contributed by atoms with van der Waals surface area (Å²) in [7, 11) is 0. The van der Waals surface area contributed by atoms with E-state index in [0.717, 1.165) is 37.0 Å². The summed E-state index contributed by atoms with van der Waals surface area (Å²) in [5.74, 6) is 1.77. The number of carbonyl (C=O) groups excluding carboxylic acids is 1. The molecule has 0 aromatic heterocycles. The van der Waals surface area contributed by atoms with Gasteiger partial charge in [-0.2, -0.15) is 0 Å².